The molecule has 0 aromatic heterocycles. The van der Waals surface area contributed by atoms with Crippen molar-refractivity contribution in [2.45, 2.75) is 65.0 Å². The van der Waals surface area contributed by atoms with E-state index in [1.807, 2.05) is 0 Å². The van der Waals surface area contributed by atoms with Gasteiger partial charge in [-0.1, -0.05) is 26.0 Å². The van der Waals surface area contributed by atoms with E-state index >= 15 is 0 Å². The average molecular weight is 358 g/mol. The number of hydrogen-bond donors (Lipinski definition) is 1. The van der Waals surface area contributed by atoms with Gasteiger partial charge in [-0.2, -0.15) is 0 Å². The number of rotatable bonds is 5. The summed E-state index contributed by atoms with van der Waals surface area (Å²) >= 11 is 0. The molecule has 4 atom stereocenters. The molecular formula is C21H37F2NO. The van der Waals surface area contributed by atoms with Gasteiger partial charge in [-0.15, -0.1) is 13.2 Å². The smallest absolute Gasteiger partial charge is 0.110 e. The summed E-state index contributed by atoms with van der Waals surface area (Å²) < 4.78 is 26.0. The predicted octanol–water partition coefficient (Wildman–Crippen LogP) is 5.46. The Kier molecular flexibility index (Phi) is 13.6. The van der Waals surface area contributed by atoms with Crippen molar-refractivity contribution in [1.82, 2.24) is 4.90 Å². The Morgan fingerprint density at radius 3 is 2.44 bits per heavy atom. The van der Waals surface area contributed by atoms with Gasteiger partial charge in [0.15, 0.2) is 0 Å². The lowest BCUT2D eigenvalue weighted by Gasteiger charge is -2.33. The fourth-order valence-corrected chi connectivity index (χ4v) is 3.13. The number of aliphatic hydroxyl groups is 1. The van der Waals surface area contributed by atoms with Crippen LogP contribution in [0.1, 0.15) is 52.9 Å². The molecule has 4 unspecified atom stereocenters. The van der Waals surface area contributed by atoms with Gasteiger partial charge in [0.2, 0.25) is 0 Å². The summed E-state index contributed by atoms with van der Waals surface area (Å²) in [4.78, 5) is 2.12. The largest absolute Gasteiger partial charge is 0.393 e. The molecule has 0 aromatic carbocycles. The number of nitrogens with zero attached hydrogens (tertiary/aromatic N) is 1. The molecule has 0 amide bonds. The summed E-state index contributed by atoms with van der Waals surface area (Å²) in [6.45, 7) is 13.1. The second kappa shape index (κ2) is 14.2. The molecule has 1 heterocycles. The summed E-state index contributed by atoms with van der Waals surface area (Å²) in [6.07, 6.45) is 8.35. The summed E-state index contributed by atoms with van der Waals surface area (Å²) in [5, 5.41) is 10.2. The van der Waals surface area contributed by atoms with Crippen molar-refractivity contribution in [3.63, 3.8) is 0 Å². The van der Waals surface area contributed by atoms with Crippen molar-refractivity contribution >= 4 is 0 Å². The number of aliphatic hydroxyl groups excluding tert-OH is 1. The highest BCUT2D eigenvalue weighted by atomic mass is 19.1. The van der Waals surface area contributed by atoms with Gasteiger partial charge in [0.05, 0.1) is 12.6 Å². The molecule has 0 saturated carbocycles. The van der Waals surface area contributed by atoms with E-state index in [-0.39, 0.29) is 18.5 Å². The molecule has 0 bridgehead atoms. The zero-order valence-electron chi connectivity index (χ0n) is 16.3. The number of allylic oxidation sites excluding steroid dienone is 3. The van der Waals surface area contributed by atoms with Crippen LogP contribution in [-0.4, -0.2) is 41.9 Å². The zero-order chi connectivity index (χ0) is 19.2. The summed E-state index contributed by atoms with van der Waals surface area (Å²) in [6, 6.07) is 0.301. The summed E-state index contributed by atoms with van der Waals surface area (Å²) in [7, 11) is 0. The third-order valence-corrected chi connectivity index (χ3v) is 5.11. The SMILES string of the molecule is C=C.CC1CCC(C)N(C/C(F)=C\CC=CCF)CCC(O)CC1C. The van der Waals surface area contributed by atoms with Crippen molar-refractivity contribution in [2.75, 3.05) is 19.8 Å². The fourth-order valence-electron chi connectivity index (χ4n) is 3.13. The van der Waals surface area contributed by atoms with Crippen LogP contribution in [0.3, 0.4) is 0 Å². The lowest BCUT2D eigenvalue weighted by atomic mass is 9.85. The quantitative estimate of drug-likeness (QED) is 0.661. The fraction of sp³-hybridized carbons (Fsp3) is 0.714. The first-order valence-electron chi connectivity index (χ1n) is 9.41. The van der Waals surface area contributed by atoms with Crippen LogP contribution in [0, 0.1) is 11.8 Å². The van der Waals surface area contributed by atoms with E-state index in [9.17, 15) is 13.9 Å². The van der Waals surface area contributed by atoms with Gasteiger partial charge < -0.3 is 5.11 Å². The standard InChI is InChI=1S/C19H33F2NO.C2H4/c1-15-8-9-17(3)22(12-10-19(23)13-16(15)2)14-18(21)7-5-4-6-11-20;1-2/h4,6-7,15-17,19,23H,5,8-14H2,1-3H3;1-2H2/b6-4?,18-7+;. The van der Waals surface area contributed by atoms with Crippen LogP contribution in [-0.2, 0) is 0 Å². The molecule has 1 fully saturated rings. The van der Waals surface area contributed by atoms with Crippen LogP contribution in [0.2, 0.25) is 0 Å². The molecule has 0 aliphatic carbocycles. The second-order valence-electron chi connectivity index (χ2n) is 7.04. The summed E-state index contributed by atoms with van der Waals surface area (Å²) in [5.41, 5.74) is 0. The Hall–Kier alpha value is -1.00. The molecule has 0 radical (unpaired) electrons. The van der Waals surface area contributed by atoms with Gasteiger partial charge in [-0.3, -0.25) is 4.90 Å². The van der Waals surface area contributed by atoms with E-state index in [1.54, 1.807) is 6.08 Å². The Labute approximate surface area is 153 Å². The van der Waals surface area contributed by atoms with Gasteiger partial charge in [0.1, 0.15) is 12.5 Å². The van der Waals surface area contributed by atoms with Crippen LogP contribution in [0.25, 0.3) is 0 Å². The van der Waals surface area contributed by atoms with E-state index < -0.39 is 6.67 Å². The maximum atomic E-state index is 14.1. The third-order valence-electron chi connectivity index (χ3n) is 5.11. The van der Waals surface area contributed by atoms with Crippen molar-refractivity contribution in [3.8, 4) is 0 Å². The van der Waals surface area contributed by atoms with Crippen molar-refractivity contribution < 1.29 is 13.9 Å². The molecule has 0 spiro atoms. The first-order valence-corrected chi connectivity index (χ1v) is 9.41. The Morgan fingerprint density at radius 1 is 1.12 bits per heavy atom. The van der Waals surface area contributed by atoms with Crippen LogP contribution >= 0.6 is 0 Å². The molecular weight excluding hydrogens is 320 g/mol. The lowest BCUT2D eigenvalue weighted by molar-refractivity contribution is 0.0839. The number of alkyl halides is 1. The van der Waals surface area contributed by atoms with Crippen molar-refractivity contribution in [2.24, 2.45) is 11.8 Å². The molecule has 25 heavy (non-hydrogen) atoms. The van der Waals surface area contributed by atoms with E-state index in [1.165, 1.54) is 12.2 Å². The molecule has 1 rings (SSSR count). The summed E-state index contributed by atoms with van der Waals surface area (Å²) in [5.74, 6) is 0.939. The molecule has 0 aromatic rings. The minimum Gasteiger partial charge on any atom is -0.393 e. The molecule has 146 valence electrons. The highest BCUT2D eigenvalue weighted by Gasteiger charge is 2.23. The van der Waals surface area contributed by atoms with Crippen molar-refractivity contribution in [1.29, 1.82) is 0 Å². The number of halogens is 2. The van der Waals surface area contributed by atoms with E-state index in [4.69, 9.17) is 0 Å². The normalized spacial score (nSPS) is 29.9. The second-order valence-corrected chi connectivity index (χ2v) is 7.04. The van der Waals surface area contributed by atoms with Crippen LogP contribution in [0.4, 0.5) is 8.78 Å². The highest BCUT2D eigenvalue weighted by molar-refractivity contribution is 5.00. The molecule has 4 heteroatoms. The molecule has 2 nitrogen and oxygen atoms in total. The minimum absolute atomic E-state index is 0.173. The minimum atomic E-state index is -0.507. The number of hydrogen-bond acceptors (Lipinski definition) is 2. The predicted molar refractivity (Wildman–Crippen MR) is 104 cm³/mol. The first-order chi connectivity index (χ1) is 11.9. The van der Waals surface area contributed by atoms with Gasteiger partial charge in [-0.25, -0.2) is 8.78 Å². The monoisotopic (exact) mass is 357 g/mol. The van der Waals surface area contributed by atoms with E-state index in [0.717, 1.165) is 19.3 Å². The van der Waals surface area contributed by atoms with Crippen LogP contribution in [0.5, 0.6) is 0 Å². The molecule has 1 saturated heterocycles. The van der Waals surface area contributed by atoms with Crippen LogP contribution in [0.15, 0.2) is 37.2 Å². The van der Waals surface area contributed by atoms with Crippen molar-refractivity contribution in [3.05, 3.63) is 37.2 Å². The van der Waals surface area contributed by atoms with Gasteiger partial charge in [0, 0.05) is 12.6 Å². The molecule has 1 N–H and O–H groups in total. The molecule has 1 aliphatic heterocycles. The lowest BCUT2D eigenvalue weighted by Crippen LogP contribution is -2.38. The van der Waals surface area contributed by atoms with Crippen LogP contribution < -0.4 is 0 Å². The van der Waals surface area contributed by atoms with E-state index in [2.05, 4.69) is 38.8 Å². The van der Waals surface area contributed by atoms with Gasteiger partial charge >= 0.3 is 0 Å². The highest BCUT2D eigenvalue weighted by Crippen LogP contribution is 2.26. The van der Waals surface area contributed by atoms with Gasteiger partial charge in [0.25, 0.3) is 0 Å². The topological polar surface area (TPSA) is 23.5 Å². The Bertz CT molecular complexity index is 397. The maximum Gasteiger partial charge on any atom is 0.110 e. The van der Waals surface area contributed by atoms with E-state index in [0.29, 0.717) is 37.3 Å². The average Bonchev–Trinajstić information content (AvgIpc) is 2.60. The Balaban J connectivity index is 0.00000277. The molecule has 1 aliphatic rings. The third kappa shape index (κ3) is 10.6. The maximum absolute atomic E-state index is 14.1. The van der Waals surface area contributed by atoms with Gasteiger partial charge in [-0.05, 0) is 56.9 Å². The Morgan fingerprint density at radius 2 is 1.80 bits per heavy atom. The zero-order valence-corrected chi connectivity index (χ0v) is 16.3. The first kappa shape index (κ1) is 24.0.